The molecule has 0 aliphatic carbocycles. The van der Waals surface area contributed by atoms with Gasteiger partial charge in [0.05, 0.1) is 17.5 Å². The Morgan fingerprint density at radius 3 is 2.78 bits per heavy atom. The van der Waals surface area contributed by atoms with Crippen LogP contribution in [0.4, 0.5) is 5.82 Å². The zero-order valence-corrected chi connectivity index (χ0v) is 21.0. The van der Waals surface area contributed by atoms with Crippen LogP contribution >= 0.6 is 22.9 Å². The molecule has 2 atom stereocenters. The van der Waals surface area contributed by atoms with Crippen molar-refractivity contribution in [3.63, 3.8) is 0 Å². The van der Waals surface area contributed by atoms with Crippen LogP contribution in [0.5, 0.6) is 0 Å². The number of amides is 1. The molecule has 3 heterocycles. The summed E-state index contributed by atoms with van der Waals surface area (Å²) in [6.45, 7) is -0.0738. The Balaban J connectivity index is 1.43. The van der Waals surface area contributed by atoms with E-state index in [1.165, 1.54) is 12.4 Å². The lowest BCUT2D eigenvalue weighted by atomic mass is 9.85. The van der Waals surface area contributed by atoms with Crippen LogP contribution in [0.3, 0.4) is 0 Å². The number of hydrogen-bond acceptors (Lipinski definition) is 9. The number of nitrogens with two attached hydrogens (primary N) is 1. The molecule has 0 spiro atoms. The minimum absolute atomic E-state index is 0.0185. The largest absolute Gasteiger partial charge is 0.481 e. The van der Waals surface area contributed by atoms with Crippen LogP contribution in [0.2, 0.25) is 5.02 Å². The third kappa shape index (κ3) is 4.48. The lowest BCUT2D eigenvalue weighted by Gasteiger charge is -2.40. The van der Waals surface area contributed by atoms with E-state index in [4.69, 9.17) is 17.3 Å². The maximum absolute atomic E-state index is 13.3. The monoisotopic (exact) mass is 545 g/mol. The van der Waals surface area contributed by atoms with Gasteiger partial charge in [-0.2, -0.15) is 0 Å². The van der Waals surface area contributed by atoms with Crippen LogP contribution in [0.15, 0.2) is 53.0 Å². The number of hydrogen-bond donors (Lipinski definition) is 4. The summed E-state index contributed by atoms with van der Waals surface area (Å²) in [5, 5.41) is 15.3. The molecular weight excluding hydrogens is 526 g/mol. The predicted molar refractivity (Wildman–Crippen MR) is 137 cm³/mol. The van der Waals surface area contributed by atoms with E-state index in [0.717, 1.165) is 11.3 Å². The molecule has 186 valence electrons. The Kier molecular flexibility index (Phi) is 6.07. The van der Waals surface area contributed by atoms with Crippen molar-refractivity contribution in [2.45, 2.75) is 28.0 Å². The van der Waals surface area contributed by atoms with E-state index < -0.39 is 39.0 Å². The summed E-state index contributed by atoms with van der Waals surface area (Å²) in [6.07, 6.45) is 1.05. The number of halogens is 1. The van der Waals surface area contributed by atoms with E-state index in [-0.39, 0.29) is 17.2 Å². The van der Waals surface area contributed by atoms with Gasteiger partial charge in [-0.1, -0.05) is 23.7 Å². The van der Waals surface area contributed by atoms with E-state index in [2.05, 4.69) is 20.6 Å². The second-order valence-corrected chi connectivity index (χ2v) is 12.5. The zero-order chi connectivity index (χ0) is 25.7. The molecule has 0 radical (unpaired) electrons. The average molecular weight is 546 g/mol. The first-order valence-corrected chi connectivity index (χ1v) is 13.5. The maximum Gasteiger partial charge on any atom is 0.305 e. The van der Waals surface area contributed by atoms with E-state index in [9.17, 15) is 23.1 Å². The molecule has 0 saturated carbocycles. The third-order valence-electron chi connectivity index (χ3n) is 6.07. The van der Waals surface area contributed by atoms with Gasteiger partial charge in [-0.15, -0.1) is 11.3 Å². The van der Waals surface area contributed by atoms with Crippen molar-refractivity contribution >= 4 is 71.5 Å². The highest BCUT2D eigenvalue weighted by Crippen LogP contribution is 2.34. The average Bonchev–Trinajstić information content (AvgIpc) is 3.22. The number of fused-ring (bicyclic) bond motifs is 2. The molecule has 1 saturated heterocycles. The fraction of sp³-hybridized carbons (Fsp3) is 0.217. The number of sulfone groups is 1. The maximum atomic E-state index is 13.3. The third-order valence-corrected chi connectivity index (χ3v) is 9.82. The number of aromatic nitrogens is 2. The molecular formula is C23H20ClN5O5S2. The SMILES string of the molecule is Nc1ncnc2cc(CC3(CC(=O)O)CNC(S(=O)(=O)c4cc5ccc(Cl)cc5s4)C(=O)N3)ccc12. The Morgan fingerprint density at radius 2 is 2.03 bits per heavy atom. The van der Waals surface area contributed by atoms with E-state index in [0.29, 0.717) is 37.4 Å². The van der Waals surface area contributed by atoms with Gasteiger partial charge in [-0.25, -0.2) is 18.4 Å². The van der Waals surface area contributed by atoms with Crippen LogP contribution in [0, 0.1) is 0 Å². The fourth-order valence-electron chi connectivity index (χ4n) is 4.43. The highest BCUT2D eigenvalue weighted by atomic mass is 35.5. The Labute approximate surface area is 214 Å². The molecule has 2 aromatic heterocycles. The number of carboxylic acids is 1. The van der Waals surface area contributed by atoms with Gasteiger partial charge in [-0.05, 0) is 47.7 Å². The molecule has 1 aliphatic rings. The van der Waals surface area contributed by atoms with Crippen molar-refractivity contribution in [2.24, 2.45) is 0 Å². The summed E-state index contributed by atoms with van der Waals surface area (Å²) < 4.78 is 27.4. The minimum Gasteiger partial charge on any atom is -0.481 e. The second-order valence-electron chi connectivity index (χ2n) is 8.68. The van der Waals surface area contributed by atoms with Crippen molar-refractivity contribution in [1.29, 1.82) is 0 Å². The van der Waals surface area contributed by atoms with E-state index >= 15 is 0 Å². The molecule has 4 aromatic rings. The van der Waals surface area contributed by atoms with Crippen LogP contribution in [0.25, 0.3) is 21.0 Å². The highest BCUT2D eigenvalue weighted by Gasteiger charge is 2.46. The molecule has 36 heavy (non-hydrogen) atoms. The summed E-state index contributed by atoms with van der Waals surface area (Å²) in [6, 6.07) is 11.8. The number of carbonyl (C=O) groups excluding carboxylic acids is 1. The van der Waals surface area contributed by atoms with Gasteiger partial charge in [0, 0.05) is 21.7 Å². The lowest BCUT2D eigenvalue weighted by Crippen LogP contribution is -2.69. The molecule has 1 fully saturated rings. The summed E-state index contributed by atoms with van der Waals surface area (Å²) in [5.74, 6) is -1.63. The molecule has 1 aliphatic heterocycles. The standard InChI is InChI=1S/C23H20ClN5O5S2/c24-14-3-2-13-6-19(35-17(13)7-14)36(33,34)22-21(32)29-23(10-26-22,9-18(30)31)8-12-1-4-15-16(5-12)27-11-28-20(15)25/h1-7,11,22,26H,8-10H2,(H,29,32)(H,30,31)(H2,25,27,28). The van der Waals surface area contributed by atoms with Crippen molar-refractivity contribution in [3.8, 4) is 0 Å². The van der Waals surface area contributed by atoms with Crippen molar-refractivity contribution in [2.75, 3.05) is 12.3 Å². The van der Waals surface area contributed by atoms with Crippen LogP contribution < -0.4 is 16.4 Å². The molecule has 10 nitrogen and oxygen atoms in total. The van der Waals surface area contributed by atoms with Gasteiger partial charge >= 0.3 is 5.97 Å². The first-order valence-electron chi connectivity index (χ1n) is 10.8. The number of nitrogens with one attached hydrogen (secondary N) is 2. The smallest absolute Gasteiger partial charge is 0.305 e. The molecule has 5 N–H and O–H groups in total. The number of anilines is 1. The van der Waals surface area contributed by atoms with Gasteiger partial charge in [0.2, 0.25) is 9.84 Å². The predicted octanol–water partition coefficient (Wildman–Crippen LogP) is 2.36. The summed E-state index contributed by atoms with van der Waals surface area (Å²) >= 11 is 7.03. The lowest BCUT2D eigenvalue weighted by molar-refractivity contribution is -0.139. The molecule has 5 rings (SSSR count). The number of carboxylic acid groups (broad SMARTS) is 1. The van der Waals surface area contributed by atoms with Gasteiger partial charge in [0.1, 0.15) is 16.4 Å². The normalized spacial score (nSPS) is 20.5. The Bertz CT molecular complexity index is 1640. The Morgan fingerprint density at radius 1 is 1.22 bits per heavy atom. The van der Waals surface area contributed by atoms with Crippen LogP contribution in [0.1, 0.15) is 12.0 Å². The number of aliphatic carboxylic acids is 1. The Hall–Kier alpha value is -3.32. The zero-order valence-electron chi connectivity index (χ0n) is 18.6. The first-order chi connectivity index (χ1) is 17.1. The summed E-state index contributed by atoms with van der Waals surface area (Å²) in [4.78, 5) is 33.0. The number of carbonyl (C=O) groups is 2. The number of nitrogen functional groups attached to an aromatic ring is 1. The van der Waals surface area contributed by atoms with Crippen molar-refractivity contribution < 1.29 is 23.1 Å². The molecule has 2 aromatic carbocycles. The van der Waals surface area contributed by atoms with Crippen molar-refractivity contribution in [1.82, 2.24) is 20.6 Å². The topological polar surface area (TPSA) is 164 Å². The fourth-order valence-corrected chi connectivity index (χ4v) is 7.69. The van der Waals surface area contributed by atoms with Crippen LogP contribution in [-0.4, -0.2) is 52.8 Å². The quantitative estimate of drug-likeness (QED) is 0.284. The molecule has 13 heteroatoms. The molecule has 0 bridgehead atoms. The number of piperazine rings is 1. The van der Waals surface area contributed by atoms with E-state index in [1.807, 2.05) is 0 Å². The van der Waals surface area contributed by atoms with Gasteiger partial charge in [0.25, 0.3) is 5.91 Å². The number of thiophene rings is 1. The summed E-state index contributed by atoms with van der Waals surface area (Å²) in [7, 11) is -4.10. The summed E-state index contributed by atoms with van der Waals surface area (Å²) in [5.41, 5.74) is 5.90. The first kappa shape index (κ1) is 24.4. The second kappa shape index (κ2) is 8.96. The van der Waals surface area contributed by atoms with Gasteiger partial charge < -0.3 is 16.2 Å². The van der Waals surface area contributed by atoms with Crippen molar-refractivity contribution in [3.05, 3.63) is 59.4 Å². The number of nitrogens with zero attached hydrogens (tertiary/aromatic N) is 2. The van der Waals surface area contributed by atoms with Crippen LogP contribution in [-0.2, 0) is 25.8 Å². The number of rotatable bonds is 6. The highest BCUT2D eigenvalue weighted by molar-refractivity contribution is 7.94. The minimum atomic E-state index is -4.10. The molecule has 1 amide bonds. The van der Waals surface area contributed by atoms with E-state index in [1.54, 1.807) is 36.4 Å². The van der Waals surface area contributed by atoms with Gasteiger partial charge in [0.15, 0.2) is 5.37 Å². The number of benzene rings is 2. The molecule has 2 unspecified atom stereocenters. The van der Waals surface area contributed by atoms with Gasteiger partial charge in [-0.3, -0.25) is 14.9 Å².